The van der Waals surface area contributed by atoms with Crippen molar-refractivity contribution >= 4 is 0 Å². The molecule has 0 amide bonds. The Morgan fingerprint density at radius 3 is 2.61 bits per heavy atom. The maximum absolute atomic E-state index is 10.6. The predicted molar refractivity (Wildman–Crippen MR) is 134 cm³/mol. The number of fused-ring (bicyclic) bond motifs is 1. The van der Waals surface area contributed by atoms with Crippen molar-refractivity contribution in [3.8, 4) is 0 Å². The fraction of sp³-hybridized carbons (Fsp3) is 0.533. The minimum Gasteiger partial charge on any atom is -0.393 e. The molecule has 0 aromatic heterocycles. The van der Waals surface area contributed by atoms with Crippen molar-refractivity contribution in [2.75, 3.05) is 0 Å². The molecule has 178 valence electrons. The first kappa shape index (κ1) is 24.2. The van der Waals surface area contributed by atoms with E-state index in [1.165, 1.54) is 31.3 Å². The van der Waals surface area contributed by atoms with Crippen molar-refractivity contribution in [2.24, 2.45) is 23.2 Å². The maximum atomic E-state index is 10.6. The third-order valence-electron chi connectivity index (χ3n) is 8.67. The molecular weight excluding hydrogens is 408 g/mol. The van der Waals surface area contributed by atoms with Crippen molar-refractivity contribution in [1.29, 1.82) is 0 Å². The first-order valence-corrected chi connectivity index (χ1v) is 12.7. The molecule has 0 bridgehead atoms. The zero-order chi connectivity index (χ0) is 23.6. The van der Waals surface area contributed by atoms with Crippen molar-refractivity contribution < 1.29 is 15.3 Å². The lowest BCUT2D eigenvalue weighted by atomic mass is 9.61. The van der Waals surface area contributed by atoms with Crippen molar-refractivity contribution in [3.63, 3.8) is 0 Å². The molecule has 3 aliphatic rings. The number of rotatable bonds is 5. The molecule has 3 fully saturated rings. The predicted octanol–water partition coefficient (Wildman–Crippen LogP) is 6.05. The van der Waals surface area contributed by atoms with Gasteiger partial charge in [0, 0.05) is 6.42 Å². The molecule has 0 spiro atoms. The zero-order valence-electron chi connectivity index (χ0n) is 20.2. The summed E-state index contributed by atoms with van der Waals surface area (Å²) in [4.78, 5) is 0. The van der Waals surface area contributed by atoms with Crippen molar-refractivity contribution in [2.45, 2.75) is 77.1 Å². The van der Waals surface area contributed by atoms with Crippen LogP contribution in [0.2, 0.25) is 0 Å². The van der Waals surface area contributed by atoms with Crippen LogP contribution in [-0.4, -0.2) is 27.5 Å². The van der Waals surface area contributed by atoms with Gasteiger partial charge in [-0.05, 0) is 78.4 Å². The molecule has 3 saturated carbocycles. The molecule has 4 rings (SSSR count). The molecule has 1 aromatic rings. The van der Waals surface area contributed by atoms with E-state index >= 15 is 0 Å². The van der Waals surface area contributed by atoms with E-state index in [0.29, 0.717) is 30.6 Å². The average molecular weight is 449 g/mol. The van der Waals surface area contributed by atoms with Gasteiger partial charge in [-0.25, -0.2) is 0 Å². The largest absolute Gasteiger partial charge is 0.393 e. The molecule has 0 saturated heterocycles. The SMILES string of the molecule is C=C1C(=CC=C2CCC[C@]3(C)[C@@H]([C@H](C)C=CC(O)c4ccccc4)CC[C@@H]23)C[C@@H](O)C[C@@H]1O. The quantitative estimate of drug-likeness (QED) is 0.480. The van der Waals surface area contributed by atoms with Gasteiger partial charge in [-0.3, -0.25) is 0 Å². The molecule has 0 aliphatic heterocycles. The second kappa shape index (κ2) is 10.1. The van der Waals surface area contributed by atoms with E-state index in [1.54, 1.807) is 0 Å². The van der Waals surface area contributed by atoms with Crippen LogP contribution < -0.4 is 0 Å². The zero-order valence-corrected chi connectivity index (χ0v) is 20.2. The van der Waals surface area contributed by atoms with Crippen LogP contribution in [0.1, 0.15) is 70.5 Å². The second-order valence-corrected chi connectivity index (χ2v) is 10.8. The van der Waals surface area contributed by atoms with Gasteiger partial charge in [-0.15, -0.1) is 0 Å². The number of hydrogen-bond donors (Lipinski definition) is 3. The molecule has 3 nitrogen and oxygen atoms in total. The summed E-state index contributed by atoms with van der Waals surface area (Å²) in [7, 11) is 0. The van der Waals surface area contributed by atoms with E-state index in [2.05, 4.69) is 38.7 Å². The minimum atomic E-state index is -0.634. The summed E-state index contributed by atoms with van der Waals surface area (Å²) >= 11 is 0. The lowest BCUT2D eigenvalue weighted by molar-refractivity contribution is 0.0862. The standard InChI is InChI=1S/C30H40O3/c1-20(11-16-28(32)23-8-5-4-6-9-23)26-14-15-27-22(10-7-17-30(26,27)3)12-13-24-18-25(31)19-29(33)21(24)2/h4-6,8-9,11-13,16,20,25-29,31-33H,2,7,10,14-15,17-19H2,1,3H3/t20-,25-,26-,27+,28?,29+,30-/m1/s1. The number of allylic oxidation sites excluding steroid dienone is 4. The van der Waals surface area contributed by atoms with Crippen LogP contribution in [0, 0.1) is 23.2 Å². The van der Waals surface area contributed by atoms with Gasteiger partial charge >= 0.3 is 0 Å². The van der Waals surface area contributed by atoms with E-state index in [-0.39, 0.29) is 5.41 Å². The van der Waals surface area contributed by atoms with Crippen molar-refractivity contribution in [3.05, 3.63) is 83.5 Å². The first-order chi connectivity index (χ1) is 15.8. The highest BCUT2D eigenvalue weighted by atomic mass is 16.3. The van der Waals surface area contributed by atoms with Gasteiger partial charge in [-0.2, -0.15) is 0 Å². The molecule has 7 atom stereocenters. The maximum Gasteiger partial charge on any atom is 0.0971 e. The Hall–Kier alpha value is -1.94. The molecule has 3 aliphatic carbocycles. The van der Waals surface area contributed by atoms with E-state index < -0.39 is 18.3 Å². The molecule has 3 N–H and O–H groups in total. The van der Waals surface area contributed by atoms with Crippen molar-refractivity contribution in [1.82, 2.24) is 0 Å². The number of hydrogen-bond acceptors (Lipinski definition) is 3. The molecule has 0 heterocycles. The number of benzene rings is 1. The summed E-state index contributed by atoms with van der Waals surface area (Å²) in [5.41, 5.74) is 4.47. The van der Waals surface area contributed by atoms with Crippen LogP contribution in [0.5, 0.6) is 0 Å². The summed E-state index contributed by atoms with van der Waals surface area (Å²) in [5.74, 6) is 1.60. The van der Waals surface area contributed by atoms with Gasteiger partial charge in [-0.1, -0.05) is 80.6 Å². The van der Waals surface area contributed by atoms with Gasteiger partial charge < -0.3 is 15.3 Å². The molecule has 0 radical (unpaired) electrons. The van der Waals surface area contributed by atoms with Gasteiger partial charge in [0.2, 0.25) is 0 Å². The molecule has 33 heavy (non-hydrogen) atoms. The third kappa shape index (κ3) is 5.11. The Labute approximate surface area is 199 Å². The van der Waals surface area contributed by atoms with Gasteiger partial charge in [0.25, 0.3) is 0 Å². The topological polar surface area (TPSA) is 60.7 Å². The fourth-order valence-electron chi connectivity index (χ4n) is 6.78. The summed E-state index contributed by atoms with van der Waals surface area (Å²) in [5, 5.41) is 30.8. The van der Waals surface area contributed by atoms with E-state index in [1.807, 2.05) is 36.4 Å². The molecule has 1 unspecified atom stereocenters. The minimum absolute atomic E-state index is 0.270. The molecular formula is C30H40O3. The normalized spacial score (nSPS) is 36.9. The number of aliphatic hydroxyl groups is 3. The Morgan fingerprint density at radius 2 is 1.85 bits per heavy atom. The monoisotopic (exact) mass is 448 g/mol. The van der Waals surface area contributed by atoms with Crippen LogP contribution in [0.3, 0.4) is 0 Å². The first-order valence-electron chi connectivity index (χ1n) is 12.7. The van der Waals surface area contributed by atoms with E-state index in [0.717, 1.165) is 23.1 Å². The van der Waals surface area contributed by atoms with E-state index in [9.17, 15) is 15.3 Å². The van der Waals surface area contributed by atoms with Crippen LogP contribution in [0.4, 0.5) is 0 Å². The Kier molecular flexibility index (Phi) is 7.43. The van der Waals surface area contributed by atoms with Crippen LogP contribution in [0.25, 0.3) is 0 Å². The molecule has 1 aromatic carbocycles. The lowest BCUT2D eigenvalue weighted by Gasteiger charge is -2.44. The Morgan fingerprint density at radius 1 is 1.09 bits per heavy atom. The average Bonchev–Trinajstić information content (AvgIpc) is 3.16. The van der Waals surface area contributed by atoms with Gasteiger partial charge in [0.05, 0.1) is 18.3 Å². The summed E-state index contributed by atoms with van der Waals surface area (Å²) in [6, 6.07) is 9.85. The van der Waals surface area contributed by atoms with Crippen LogP contribution in [-0.2, 0) is 0 Å². The van der Waals surface area contributed by atoms with Crippen LogP contribution >= 0.6 is 0 Å². The Balaban J connectivity index is 1.48. The highest BCUT2D eigenvalue weighted by Gasteiger charge is 2.50. The molecule has 3 heteroatoms. The third-order valence-corrected chi connectivity index (χ3v) is 8.67. The smallest absolute Gasteiger partial charge is 0.0971 e. The summed E-state index contributed by atoms with van der Waals surface area (Å²) < 4.78 is 0. The Bertz CT molecular complexity index is 927. The second-order valence-electron chi connectivity index (χ2n) is 10.8. The van der Waals surface area contributed by atoms with Gasteiger partial charge in [0.1, 0.15) is 0 Å². The summed E-state index contributed by atoms with van der Waals surface area (Å²) in [6.45, 7) is 8.84. The fourth-order valence-corrected chi connectivity index (χ4v) is 6.78. The van der Waals surface area contributed by atoms with Crippen LogP contribution in [0.15, 0.2) is 77.9 Å². The summed E-state index contributed by atoms with van der Waals surface area (Å²) in [6.07, 6.45) is 13.9. The lowest BCUT2D eigenvalue weighted by Crippen LogP contribution is -2.35. The highest BCUT2D eigenvalue weighted by molar-refractivity contribution is 5.38. The highest BCUT2D eigenvalue weighted by Crippen LogP contribution is 2.59. The van der Waals surface area contributed by atoms with Gasteiger partial charge in [0.15, 0.2) is 0 Å². The van der Waals surface area contributed by atoms with E-state index in [4.69, 9.17) is 0 Å². The number of aliphatic hydroxyl groups excluding tert-OH is 3.